The van der Waals surface area contributed by atoms with E-state index in [1.54, 1.807) is 0 Å². The molecule has 0 aromatic rings. The molecule has 0 unspecified atom stereocenters. The maximum Gasteiger partial charge on any atom is 0.221 e. The second kappa shape index (κ2) is 6.18. The highest BCUT2D eigenvalue weighted by Crippen LogP contribution is 2.20. The van der Waals surface area contributed by atoms with E-state index >= 15 is 0 Å². The van der Waals surface area contributed by atoms with Crippen LogP contribution in [0.5, 0.6) is 0 Å². The van der Waals surface area contributed by atoms with Crippen molar-refractivity contribution in [3.8, 4) is 0 Å². The highest BCUT2D eigenvalue weighted by molar-refractivity contribution is 5.77. The SMILES string of the molecule is CN(C)CCC(=O)NC1(CO)CCOCC1. The first kappa shape index (κ1) is 13.4. The summed E-state index contributed by atoms with van der Waals surface area (Å²) in [6.07, 6.45) is 1.85. The molecule has 1 rings (SSSR count). The number of ether oxygens (including phenoxy) is 1. The third-order valence-electron chi connectivity index (χ3n) is 2.94. The number of amides is 1. The van der Waals surface area contributed by atoms with Crippen LogP contribution in [0.15, 0.2) is 0 Å². The van der Waals surface area contributed by atoms with Crippen LogP contribution in [0, 0.1) is 0 Å². The maximum absolute atomic E-state index is 11.7. The molecule has 1 fully saturated rings. The van der Waals surface area contributed by atoms with Gasteiger partial charge in [0.05, 0.1) is 12.1 Å². The first-order chi connectivity index (χ1) is 7.58. The molecule has 94 valence electrons. The minimum Gasteiger partial charge on any atom is -0.394 e. The summed E-state index contributed by atoms with van der Waals surface area (Å²) in [7, 11) is 3.87. The summed E-state index contributed by atoms with van der Waals surface area (Å²) < 4.78 is 5.24. The smallest absolute Gasteiger partial charge is 0.221 e. The zero-order valence-corrected chi connectivity index (χ0v) is 10.2. The first-order valence-electron chi connectivity index (χ1n) is 5.72. The zero-order chi connectivity index (χ0) is 12.0. The predicted octanol–water partition coefficient (Wildman–Crippen LogP) is -0.404. The quantitative estimate of drug-likeness (QED) is 0.674. The average molecular weight is 230 g/mol. The molecule has 1 aliphatic rings. The van der Waals surface area contributed by atoms with Gasteiger partial charge in [0.2, 0.25) is 5.91 Å². The maximum atomic E-state index is 11.7. The number of carbonyl (C=O) groups is 1. The number of rotatable bonds is 5. The summed E-state index contributed by atoms with van der Waals surface area (Å²) in [5.41, 5.74) is -0.457. The van der Waals surface area contributed by atoms with Crippen molar-refractivity contribution in [2.45, 2.75) is 24.8 Å². The van der Waals surface area contributed by atoms with Gasteiger partial charge in [-0.25, -0.2) is 0 Å². The predicted molar refractivity (Wildman–Crippen MR) is 61.2 cm³/mol. The molecule has 1 saturated heterocycles. The van der Waals surface area contributed by atoms with Crippen molar-refractivity contribution < 1.29 is 14.6 Å². The fourth-order valence-corrected chi connectivity index (χ4v) is 1.77. The van der Waals surface area contributed by atoms with E-state index in [2.05, 4.69) is 5.32 Å². The molecule has 0 atom stereocenters. The van der Waals surface area contributed by atoms with Crippen LogP contribution in [-0.2, 0) is 9.53 Å². The average Bonchev–Trinajstić information content (AvgIpc) is 2.28. The summed E-state index contributed by atoms with van der Waals surface area (Å²) >= 11 is 0. The standard InChI is InChI=1S/C11H22N2O3/c1-13(2)6-3-10(15)12-11(9-14)4-7-16-8-5-11/h14H,3-9H2,1-2H3,(H,12,15). The molecular weight excluding hydrogens is 208 g/mol. The van der Waals surface area contributed by atoms with Gasteiger partial charge in [0.15, 0.2) is 0 Å². The molecular formula is C11H22N2O3. The Balaban J connectivity index is 2.39. The van der Waals surface area contributed by atoms with E-state index in [0.29, 0.717) is 32.5 Å². The molecule has 5 heteroatoms. The molecule has 0 aromatic carbocycles. The van der Waals surface area contributed by atoms with Gasteiger partial charge in [-0.1, -0.05) is 0 Å². The fraction of sp³-hybridized carbons (Fsp3) is 0.909. The number of nitrogens with zero attached hydrogens (tertiary/aromatic N) is 1. The van der Waals surface area contributed by atoms with Crippen LogP contribution in [0.1, 0.15) is 19.3 Å². The van der Waals surface area contributed by atoms with Crippen molar-refractivity contribution in [1.82, 2.24) is 10.2 Å². The van der Waals surface area contributed by atoms with Crippen LogP contribution in [0.2, 0.25) is 0 Å². The van der Waals surface area contributed by atoms with Gasteiger partial charge in [0.25, 0.3) is 0 Å². The lowest BCUT2D eigenvalue weighted by molar-refractivity contribution is -0.125. The van der Waals surface area contributed by atoms with Crippen LogP contribution in [0.25, 0.3) is 0 Å². The van der Waals surface area contributed by atoms with Gasteiger partial charge in [-0.3, -0.25) is 4.79 Å². The fourth-order valence-electron chi connectivity index (χ4n) is 1.77. The Morgan fingerprint density at radius 2 is 2.06 bits per heavy atom. The van der Waals surface area contributed by atoms with Crippen LogP contribution >= 0.6 is 0 Å². The lowest BCUT2D eigenvalue weighted by Crippen LogP contribution is -2.54. The van der Waals surface area contributed by atoms with Crippen LogP contribution in [-0.4, -0.2) is 61.9 Å². The summed E-state index contributed by atoms with van der Waals surface area (Å²) in [6, 6.07) is 0. The molecule has 2 N–H and O–H groups in total. The van der Waals surface area contributed by atoms with E-state index in [4.69, 9.17) is 4.74 Å². The van der Waals surface area contributed by atoms with E-state index in [-0.39, 0.29) is 12.5 Å². The molecule has 0 aromatic heterocycles. The number of hydrogen-bond donors (Lipinski definition) is 2. The normalized spacial score (nSPS) is 19.8. The van der Waals surface area contributed by atoms with Crippen LogP contribution in [0.3, 0.4) is 0 Å². The molecule has 5 nitrogen and oxygen atoms in total. The van der Waals surface area contributed by atoms with Crippen LogP contribution < -0.4 is 5.32 Å². The van der Waals surface area contributed by atoms with Gasteiger partial charge in [0, 0.05) is 26.2 Å². The second-order valence-corrected chi connectivity index (χ2v) is 4.65. The number of nitrogens with one attached hydrogen (secondary N) is 1. The highest BCUT2D eigenvalue weighted by atomic mass is 16.5. The third-order valence-corrected chi connectivity index (χ3v) is 2.94. The summed E-state index contributed by atoms with van der Waals surface area (Å²) in [6.45, 7) is 1.93. The molecule has 0 radical (unpaired) electrons. The number of hydrogen-bond acceptors (Lipinski definition) is 4. The Morgan fingerprint density at radius 3 is 2.56 bits per heavy atom. The minimum atomic E-state index is -0.457. The highest BCUT2D eigenvalue weighted by Gasteiger charge is 2.33. The molecule has 1 heterocycles. The third kappa shape index (κ3) is 4.08. The van der Waals surface area contributed by atoms with Gasteiger partial charge in [-0.05, 0) is 26.9 Å². The van der Waals surface area contributed by atoms with Gasteiger partial charge in [0.1, 0.15) is 0 Å². The molecule has 0 spiro atoms. The number of carbonyl (C=O) groups excluding carboxylic acids is 1. The Hall–Kier alpha value is -0.650. The molecule has 0 bridgehead atoms. The molecule has 16 heavy (non-hydrogen) atoms. The molecule has 1 aliphatic heterocycles. The van der Waals surface area contributed by atoms with Crippen LogP contribution in [0.4, 0.5) is 0 Å². The molecule has 0 aliphatic carbocycles. The number of aliphatic hydroxyl groups excluding tert-OH is 1. The Kier molecular flexibility index (Phi) is 5.18. The first-order valence-corrected chi connectivity index (χ1v) is 5.72. The van der Waals surface area contributed by atoms with E-state index in [1.165, 1.54) is 0 Å². The zero-order valence-electron chi connectivity index (χ0n) is 10.2. The monoisotopic (exact) mass is 230 g/mol. The van der Waals surface area contributed by atoms with Crippen molar-refractivity contribution in [2.24, 2.45) is 0 Å². The lowest BCUT2D eigenvalue weighted by Gasteiger charge is -2.36. The number of aliphatic hydroxyl groups is 1. The van der Waals surface area contributed by atoms with E-state index in [1.807, 2.05) is 19.0 Å². The largest absolute Gasteiger partial charge is 0.394 e. The van der Waals surface area contributed by atoms with Gasteiger partial charge in [-0.15, -0.1) is 0 Å². The molecule has 0 saturated carbocycles. The Morgan fingerprint density at radius 1 is 1.44 bits per heavy atom. The summed E-state index contributed by atoms with van der Waals surface area (Å²) in [5.74, 6) is 0.00431. The topological polar surface area (TPSA) is 61.8 Å². The van der Waals surface area contributed by atoms with Crippen molar-refractivity contribution in [2.75, 3.05) is 40.5 Å². The van der Waals surface area contributed by atoms with Crippen molar-refractivity contribution in [1.29, 1.82) is 0 Å². The van der Waals surface area contributed by atoms with Gasteiger partial charge < -0.3 is 20.1 Å². The lowest BCUT2D eigenvalue weighted by atomic mass is 9.91. The van der Waals surface area contributed by atoms with Crippen molar-refractivity contribution in [3.05, 3.63) is 0 Å². The van der Waals surface area contributed by atoms with Crippen molar-refractivity contribution >= 4 is 5.91 Å². The van der Waals surface area contributed by atoms with E-state index in [0.717, 1.165) is 6.54 Å². The van der Waals surface area contributed by atoms with E-state index in [9.17, 15) is 9.90 Å². The minimum absolute atomic E-state index is 0.00431. The van der Waals surface area contributed by atoms with Gasteiger partial charge in [-0.2, -0.15) is 0 Å². The van der Waals surface area contributed by atoms with Gasteiger partial charge >= 0.3 is 0 Å². The Bertz CT molecular complexity index is 225. The summed E-state index contributed by atoms with van der Waals surface area (Å²) in [5, 5.41) is 12.3. The van der Waals surface area contributed by atoms with Crippen molar-refractivity contribution in [3.63, 3.8) is 0 Å². The molecule has 1 amide bonds. The summed E-state index contributed by atoms with van der Waals surface area (Å²) in [4.78, 5) is 13.7. The second-order valence-electron chi connectivity index (χ2n) is 4.65. The van der Waals surface area contributed by atoms with E-state index < -0.39 is 5.54 Å². The Labute approximate surface area is 96.8 Å².